The van der Waals surface area contributed by atoms with E-state index in [2.05, 4.69) is 41.5 Å². The largest absolute Gasteiger partial charge is 0.481 e. The van der Waals surface area contributed by atoms with Crippen molar-refractivity contribution in [2.45, 2.75) is 125 Å². The number of carboxylic acid groups (broad SMARTS) is 1. The smallest absolute Gasteiger partial charge is 0.309 e. The molecule has 0 aliphatic heterocycles. The standard InChI is InChI=1S/C31H50O3/c1-26(2)21-10-13-30(6)22(28(21,4)12-11-23(26)32)8-7-20-24-19(27(3)15-16-27)9-14-31(24,25(33)34)18-17-29(20,30)5/h19-24,32H,7-18H2,1-6H3,(H,33,34)/t19?,20-,21+,22-,23?,24-,28+,29-,30-,31?/m1/s1. The lowest BCUT2D eigenvalue weighted by atomic mass is 9.32. The summed E-state index contributed by atoms with van der Waals surface area (Å²) in [6, 6.07) is 0. The van der Waals surface area contributed by atoms with E-state index in [1.165, 1.54) is 38.5 Å². The van der Waals surface area contributed by atoms with E-state index in [1.807, 2.05) is 0 Å². The summed E-state index contributed by atoms with van der Waals surface area (Å²) >= 11 is 0. The molecule has 192 valence electrons. The third kappa shape index (κ3) is 2.62. The number of hydrogen-bond donors (Lipinski definition) is 2. The van der Waals surface area contributed by atoms with E-state index in [9.17, 15) is 15.0 Å². The highest BCUT2D eigenvalue weighted by atomic mass is 16.4. The normalized spacial score (nSPS) is 57.0. The maximum Gasteiger partial charge on any atom is 0.309 e. The number of fused-ring (bicyclic) bond motifs is 7. The number of carboxylic acids is 1. The number of aliphatic hydroxyl groups excluding tert-OH is 1. The van der Waals surface area contributed by atoms with Crippen LogP contribution in [0.15, 0.2) is 0 Å². The number of hydrogen-bond acceptors (Lipinski definition) is 2. The Morgan fingerprint density at radius 1 is 0.676 bits per heavy atom. The molecule has 3 heteroatoms. The summed E-state index contributed by atoms with van der Waals surface area (Å²) < 4.78 is 0. The molecule has 0 amide bonds. The second-order valence-electron chi connectivity index (χ2n) is 15.8. The highest BCUT2D eigenvalue weighted by Gasteiger charge is 2.73. The molecule has 2 N–H and O–H groups in total. The summed E-state index contributed by atoms with van der Waals surface area (Å²) in [5, 5.41) is 21.6. The van der Waals surface area contributed by atoms with Gasteiger partial charge in [-0.15, -0.1) is 0 Å². The Morgan fingerprint density at radius 3 is 2.03 bits per heavy atom. The van der Waals surface area contributed by atoms with E-state index >= 15 is 0 Å². The van der Waals surface area contributed by atoms with Crippen molar-refractivity contribution in [3.8, 4) is 0 Å². The second kappa shape index (κ2) is 6.84. The van der Waals surface area contributed by atoms with Crippen molar-refractivity contribution in [1.82, 2.24) is 0 Å². The van der Waals surface area contributed by atoms with Crippen LogP contribution in [0.1, 0.15) is 119 Å². The molecule has 6 aliphatic rings. The SMILES string of the molecule is CC1(C2CCC3(C(=O)O)CC[C@]4(C)[C@H](CC[C@@H]5[C@@]6(C)CCC(O)C(C)(C)[C@@H]6CC[C@]54C)[C@@H]23)CC1. The quantitative estimate of drug-likeness (QED) is 0.445. The van der Waals surface area contributed by atoms with E-state index in [1.54, 1.807) is 0 Å². The lowest BCUT2D eigenvalue weighted by Gasteiger charge is -2.72. The van der Waals surface area contributed by atoms with Gasteiger partial charge in [-0.3, -0.25) is 4.79 Å². The van der Waals surface area contributed by atoms with Gasteiger partial charge >= 0.3 is 5.97 Å². The van der Waals surface area contributed by atoms with Gasteiger partial charge < -0.3 is 10.2 Å². The van der Waals surface area contributed by atoms with E-state index in [-0.39, 0.29) is 22.3 Å². The fraction of sp³-hybridized carbons (Fsp3) is 0.968. The first kappa shape index (κ1) is 23.8. The van der Waals surface area contributed by atoms with Crippen molar-refractivity contribution in [1.29, 1.82) is 0 Å². The van der Waals surface area contributed by atoms with Crippen molar-refractivity contribution in [3.63, 3.8) is 0 Å². The van der Waals surface area contributed by atoms with Crippen LogP contribution in [-0.2, 0) is 4.79 Å². The minimum atomic E-state index is -0.475. The monoisotopic (exact) mass is 470 g/mol. The molecule has 0 heterocycles. The number of carbonyl (C=O) groups is 1. The lowest BCUT2D eigenvalue weighted by Crippen LogP contribution is -2.67. The van der Waals surface area contributed by atoms with E-state index in [0.29, 0.717) is 40.4 Å². The van der Waals surface area contributed by atoms with Crippen LogP contribution in [-0.4, -0.2) is 22.3 Å². The molecule has 10 atom stereocenters. The van der Waals surface area contributed by atoms with Gasteiger partial charge in [0.1, 0.15) is 0 Å². The topological polar surface area (TPSA) is 57.5 Å². The van der Waals surface area contributed by atoms with Crippen molar-refractivity contribution in [2.24, 2.45) is 62.1 Å². The molecule has 0 aromatic carbocycles. The van der Waals surface area contributed by atoms with Gasteiger partial charge in [0.15, 0.2) is 0 Å². The van der Waals surface area contributed by atoms with Crippen LogP contribution < -0.4 is 0 Å². The first-order chi connectivity index (χ1) is 15.8. The Labute approximate surface area is 207 Å². The van der Waals surface area contributed by atoms with Gasteiger partial charge in [-0.2, -0.15) is 0 Å². The lowest BCUT2D eigenvalue weighted by molar-refractivity contribution is -0.250. The van der Waals surface area contributed by atoms with E-state index in [0.717, 1.165) is 38.5 Å². The van der Waals surface area contributed by atoms with Gasteiger partial charge in [-0.05, 0) is 134 Å². The minimum absolute atomic E-state index is 0.00573. The zero-order valence-corrected chi connectivity index (χ0v) is 22.8. The fourth-order valence-corrected chi connectivity index (χ4v) is 12.3. The minimum Gasteiger partial charge on any atom is -0.481 e. The number of rotatable bonds is 2. The summed E-state index contributed by atoms with van der Waals surface area (Å²) in [7, 11) is 0. The highest BCUT2D eigenvalue weighted by Crippen LogP contribution is 2.79. The summed E-state index contributed by atoms with van der Waals surface area (Å²) in [6.07, 6.45) is 13.6. The van der Waals surface area contributed by atoms with Crippen LogP contribution >= 0.6 is 0 Å². The predicted molar refractivity (Wildman–Crippen MR) is 135 cm³/mol. The Kier molecular flexibility index (Phi) is 4.79. The zero-order valence-electron chi connectivity index (χ0n) is 22.8. The summed E-state index contributed by atoms with van der Waals surface area (Å²) in [5.41, 5.74) is 0.757. The van der Waals surface area contributed by atoms with Crippen LogP contribution in [0.2, 0.25) is 0 Å². The molecule has 0 spiro atoms. The molecule has 0 bridgehead atoms. The first-order valence-electron chi connectivity index (χ1n) is 14.7. The maximum atomic E-state index is 12.9. The maximum absolute atomic E-state index is 12.9. The number of aliphatic carboxylic acids is 1. The Balaban J connectivity index is 1.41. The third-order valence-electron chi connectivity index (χ3n) is 14.8. The molecule has 3 nitrogen and oxygen atoms in total. The van der Waals surface area contributed by atoms with Crippen LogP contribution in [0.4, 0.5) is 0 Å². The predicted octanol–water partition coefficient (Wildman–Crippen LogP) is 7.31. The summed E-state index contributed by atoms with van der Waals surface area (Å²) in [5.74, 6) is 2.37. The number of aliphatic hydroxyl groups is 1. The molecule has 3 unspecified atom stereocenters. The molecule has 0 saturated heterocycles. The fourth-order valence-electron chi connectivity index (χ4n) is 12.3. The molecule has 0 radical (unpaired) electrons. The van der Waals surface area contributed by atoms with Crippen molar-refractivity contribution in [3.05, 3.63) is 0 Å². The molecule has 6 aliphatic carbocycles. The van der Waals surface area contributed by atoms with Gasteiger partial charge in [-0.25, -0.2) is 0 Å². The van der Waals surface area contributed by atoms with Gasteiger partial charge in [0.25, 0.3) is 0 Å². The average molecular weight is 471 g/mol. The van der Waals surface area contributed by atoms with Crippen molar-refractivity contribution >= 4 is 5.97 Å². The van der Waals surface area contributed by atoms with Crippen LogP contribution in [0.25, 0.3) is 0 Å². The Bertz CT molecular complexity index is 889. The van der Waals surface area contributed by atoms with Crippen LogP contribution in [0.3, 0.4) is 0 Å². The van der Waals surface area contributed by atoms with E-state index < -0.39 is 11.4 Å². The average Bonchev–Trinajstić information content (AvgIpc) is 3.37. The van der Waals surface area contributed by atoms with Crippen LogP contribution in [0.5, 0.6) is 0 Å². The molecule has 6 rings (SSSR count). The summed E-state index contributed by atoms with van der Waals surface area (Å²) in [4.78, 5) is 12.9. The highest BCUT2D eigenvalue weighted by molar-refractivity contribution is 5.76. The molecule has 6 saturated carbocycles. The van der Waals surface area contributed by atoms with Crippen molar-refractivity contribution in [2.75, 3.05) is 0 Å². The molecular formula is C31H50O3. The first-order valence-corrected chi connectivity index (χ1v) is 14.7. The second-order valence-corrected chi connectivity index (χ2v) is 15.8. The van der Waals surface area contributed by atoms with Gasteiger partial charge in [0.05, 0.1) is 11.5 Å². The van der Waals surface area contributed by atoms with Gasteiger partial charge in [0.2, 0.25) is 0 Å². The third-order valence-corrected chi connectivity index (χ3v) is 14.8. The van der Waals surface area contributed by atoms with E-state index in [4.69, 9.17) is 0 Å². The van der Waals surface area contributed by atoms with Crippen LogP contribution in [0, 0.1) is 62.1 Å². The molecule has 34 heavy (non-hydrogen) atoms. The molecular weight excluding hydrogens is 420 g/mol. The molecule has 6 fully saturated rings. The Hall–Kier alpha value is -0.570. The molecule has 0 aromatic heterocycles. The zero-order chi connectivity index (χ0) is 24.5. The van der Waals surface area contributed by atoms with Gasteiger partial charge in [-0.1, -0.05) is 41.5 Å². The summed E-state index contributed by atoms with van der Waals surface area (Å²) in [6.45, 7) is 15.0. The van der Waals surface area contributed by atoms with Crippen molar-refractivity contribution < 1.29 is 15.0 Å². The van der Waals surface area contributed by atoms with Gasteiger partial charge in [0, 0.05) is 0 Å². The Morgan fingerprint density at radius 2 is 1.38 bits per heavy atom. The molecule has 0 aromatic rings.